The van der Waals surface area contributed by atoms with Crippen LogP contribution < -0.4 is 0 Å². The van der Waals surface area contributed by atoms with Crippen molar-refractivity contribution in [2.24, 2.45) is 5.92 Å². The van der Waals surface area contributed by atoms with Crippen molar-refractivity contribution in [3.8, 4) is 0 Å². The van der Waals surface area contributed by atoms with Crippen molar-refractivity contribution >= 4 is 16.0 Å². The molecule has 3 N–H and O–H groups in total. The van der Waals surface area contributed by atoms with Crippen LogP contribution in [-0.2, 0) is 10.0 Å². The second kappa shape index (κ2) is 5.43. The van der Waals surface area contributed by atoms with Gasteiger partial charge in [-0.3, -0.25) is 0 Å². The highest BCUT2D eigenvalue weighted by Crippen LogP contribution is 2.33. The van der Waals surface area contributed by atoms with Gasteiger partial charge in [-0.1, -0.05) is 6.92 Å². The van der Waals surface area contributed by atoms with Crippen LogP contribution in [0.1, 0.15) is 35.1 Å². The topological polar surface area (TPSA) is 111 Å². The lowest BCUT2D eigenvalue weighted by Crippen LogP contribution is -2.40. The molecule has 0 bridgehead atoms. The van der Waals surface area contributed by atoms with E-state index in [1.807, 2.05) is 6.92 Å². The molecule has 21 heavy (non-hydrogen) atoms. The summed E-state index contributed by atoms with van der Waals surface area (Å²) in [7, 11) is -3.83. The van der Waals surface area contributed by atoms with Crippen LogP contribution in [0.3, 0.4) is 0 Å². The van der Waals surface area contributed by atoms with Crippen molar-refractivity contribution in [2.45, 2.75) is 38.1 Å². The second-order valence-electron chi connectivity index (χ2n) is 5.52. The summed E-state index contributed by atoms with van der Waals surface area (Å²) >= 11 is 0. The van der Waals surface area contributed by atoms with Crippen LogP contribution in [0.2, 0.25) is 0 Å². The number of carboxylic acids is 1. The van der Waals surface area contributed by atoms with E-state index in [1.165, 1.54) is 11.2 Å². The largest absolute Gasteiger partial charge is 0.477 e. The summed E-state index contributed by atoms with van der Waals surface area (Å²) in [6.07, 6.45) is 0.679. The average Bonchev–Trinajstić information content (AvgIpc) is 2.90. The number of aromatic nitrogens is 1. The molecule has 1 aromatic heterocycles. The minimum absolute atomic E-state index is 0.00690. The third-order valence-corrected chi connectivity index (χ3v) is 6.37. The van der Waals surface area contributed by atoms with Crippen LogP contribution in [0.5, 0.6) is 0 Å². The first-order chi connectivity index (χ1) is 9.71. The van der Waals surface area contributed by atoms with E-state index in [9.17, 15) is 18.3 Å². The summed E-state index contributed by atoms with van der Waals surface area (Å²) in [5.74, 6) is -1.12. The quantitative estimate of drug-likeness (QED) is 0.758. The Bertz CT molecular complexity index is 664. The maximum Gasteiger partial charge on any atom is 0.352 e. The van der Waals surface area contributed by atoms with Crippen molar-refractivity contribution < 1.29 is 23.4 Å². The number of aliphatic hydroxyl groups is 1. The first-order valence-corrected chi connectivity index (χ1v) is 8.21. The molecule has 1 fully saturated rings. The van der Waals surface area contributed by atoms with Gasteiger partial charge in [-0.05, 0) is 26.2 Å². The molecule has 1 aromatic rings. The Balaban J connectivity index is 2.53. The molecule has 0 amide bonds. The third-order valence-electron chi connectivity index (χ3n) is 4.17. The minimum atomic E-state index is -3.83. The Morgan fingerprint density at radius 2 is 2.05 bits per heavy atom. The van der Waals surface area contributed by atoms with Crippen molar-refractivity contribution in [3.05, 3.63) is 17.0 Å². The van der Waals surface area contributed by atoms with Crippen LogP contribution in [0.15, 0.2) is 4.90 Å². The van der Waals surface area contributed by atoms with Crippen LogP contribution in [0, 0.1) is 19.8 Å². The number of aromatic carboxylic acids is 1. The monoisotopic (exact) mass is 316 g/mol. The van der Waals surface area contributed by atoms with Gasteiger partial charge in [-0.2, -0.15) is 4.31 Å². The van der Waals surface area contributed by atoms with E-state index in [0.717, 1.165) is 0 Å². The normalized spacial score (nSPS) is 23.6. The van der Waals surface area contributed by atoms with Gasteiger partial charge in [0, 0.05) is 17.8 Å². The number of aromatic amines is 1. The van der Waals surface area contributed by atoms with Crippen LogP contribution in [-0.4, -0.2) is 53.1 Å². The highest BCUT2D eigenvalue weighted by Gasteiger charge is 2.41. The van der Waals surface area contributed by atoms with Crippen LogP contribution in [0.4, 0.5) is 0 Å². The van der Waals surface area contributed by atoms with Gasteiger partial charge in [0.25, 0.3) is 0 Å². The van der Waals surface area contributed by atoms with Crippen molar-refractivity contribution in [3.63, 3.8) is 0 Å². The zero-order chi connectivity index (χ0) is 15.9. The van der Waals surface area contributed by atoms with Gasteiger partial charge in [0.1, 0.15) is 10.6 Å². The smallest absolute Gasteiger partial charge is 0.352 e. The summed E-state index contributed by atoms with van der Waals surface area (Å²) in [6.45, 7) is 5.01. The highest BCUT2D eigenvalue weighted by molar-refractivity contribution is 7.89. The summed E-state index contributed by atoms with van der Waals surface area (Å²) < 4.78 is 26.9. The lowest BCUT2D eigenvalue weighted by Gasteiger charge is -2.24. The number of carbonyl (C=O) groups is 1. The van der Waals surface area contributed by atoms with Gasteiger partial charge in [0.15, 0.2) is 0 Å². The summed E-state index contributed by atoms with van der Waals surface area (Å²) in [6, 6.07) is -0.461. The van der Waals surface area contributed by atoms with Crippen molar-refractivity contribution in [2.75, 3.05) is 13.2 Å². The number of hydrogen-bond acceptors (Lipinski definition) is 4. The van der Waals surface area contributed by atoms with E-state index in [2.05, 4.69) is 4.98 Å². The molecule has 2 heterocycles. The van der Waals surface area contributed by atoms with E-state index in [-0.39, 0.29) is 28.7 Å². The number of hydrogen-bond donors (Lipinski definition) is 3. The fraction of sp³-hybridized carbons (Fsp3) is 0.615. The first kappa shape index (κ1) is 16.0. The number of H-pyrrole nitrogens is 1. The predicted octanol–water partition coefficient (Wildman–Crippen LogP) is 0.721. The number of nitrogens with zero attached hydrogens (tertiary/aromatic N) is 1. The van der Waals surface area contributed by atoms with Gasteiger partial charge < -0.3 is 15.2 Å². The van der Waals surface area contributed by atoms with Crippen LogP contribution in [0.25, 0.3) is 0 Å². The number of sulfonamides is 1. The van der Waals surface area contributed by atoms with E-state index < -0.39 is 22.0 Å². The molecule has 2 atom stereocenters. The molecule has 1 aliphatic rings. The molecule has 1 aliphatic heterocycles. The molecule has 8 heteroatoms. The Kier molecular flexibility index (Phi) is 4.14. The summed E-state index contributed by atoms with van der Waals surface area (Å²) in [4.78, 5) is 13.8. The zero-order valence-electron chi connectivity index (χ0n) is 12.3. The summed E-state index contributed by atoms with van der Waals surface area (Å²) in [5, 5.41) is 18.5. The fourth-order valence-corrected chi connectivity index (χ4v) is 5.13. The Hall–Kier alpha value is -1.38. The van der Waals surface area contributed by atoms with Gasteiger partial charge >= 0.3 is 5.97 Å². The van der Waals surface area contributed by atoms with Gasteiger partial charge in [0.05, 0.1) is 12.6 Å². The maximum absolute atomic E-state index is 12.8. The van der Waals surface area contributed by atoms with Crippen molar-refractivity contribution in [1.29, 1.82) is 0 Å². The number of aliphatic hydroxyl groups excluding tert-OH is 1. The zero-order valence-corrected chi connectivity index (χ0v) is 13.1. The molecular formula is C13H20N2O5S. The molecule has 118 valence electrons. The Labute approximate surface area is 123 Å². The van der Waals surface area contributed by atoms with E-state index in [1.54, 1.807) is 6.92 Å². The number of rotatable bonds is 4. The second-order valence-corrected chi connectivity index (χ2v) is 7.34. The molecule has 0 spiro atoms. The van der Waals surface area contributed by atoms with E-state index in [4.69, 9.17) is 5.11 Å². The molecule has 1 saturated heterocycles. The maximum atomic E-state index is 12.8. The molecule has 0 saturated carbocycles. The summed E-state index contributed by atoms with van der Waals surface area (Å²) in [5.41, 5.74) is 0.399. The van der Waals surface area contributed by atoms with Gasteiger partial charge in [0.2, 0.25) is 10.0 Å². The molecule has 2 unspecified atom stereocenters. The number of aryl methyl sites for hydroxylation is 1. The Morgan fingerprint density at radius 3 is 2.52 bits per heavy atom. The van der Waals surface area contributed by atoms with Gasteiger partial charge in [-0.15, -0.1) is 0 Å². The average molecular weight is 316 g/mol. The molecule has 0 radical (unpaired) electrons. The lowest BCUT2D eigenvalue weighted by molar-refractivity contribution is 0.0690. The predicted molar refractivity (Wildman–Crippen MR) is 75.8 cm³/mol. The molecule has 7 nitrogen and oxygen atoms in total. The van der Waals surface area contributed by atoms with E-state index in [0.29, 0.717) is 18.7 Å². The van der Waals surface area contributed by atoms with Crippen LogP contribution >= 0.6 is 0 Å². The molecule has 2 rings (SSSR count). The number of carboxylic acid groups (broad SMARTS) is 1. The highest BCUT2D eigenvalue weighted by atomic mass is 32.2. The third kappa shape index (κ3) is 2.47. The molecule has 0 aliphatic carbocycles. The van der Waals surface area contributed by atoms with E-state index >= 15 is 0 Å². The minimum Gasteiger partial charge on any atom is -0.477 e. The SMILES string of the molecule is Cc1[nH]c(C(=O)O)c(C)c1S(=O)(=O)N1CCC(C)C1CO. The fourth-order valence-electron chi connectivity index (χ4n) is 2.99. The molecular weight excluding hydrogens is 296 g/mol. The van der Waals surface area contributed by atoms with Gasteiger partial charge in [-0.25, -0.2) is 13.2 Å². The first-order valence-electron chi connectivity index (χ1n) is 6.77. The number of nitrogens with one attached hydrogen (secondary N) is 1. The Morgan fingerprint density at radius 1 is 1.43 bits per heavy atom. The van der Waals surface area contributed by atoms with Crippen molar-refractivity contribution in [1.82, 2.24) is 9.29 Å². The lowest BCUT2D eigenvalue weighted by atomic mass is 10.0. The molecule has 0 aromatic carbocycles. The standard InChI is InChI=1S/C13H20N2O5S/c1-7-4-5-15(10(7)6-16)21(19,20)12-8(2)11(13(17)18)14-9(12)3/h7,10,14,16H,4-6H2,1-3H3,(H,17,18).